The second kappa shape index (κ2) is 5.99. The smallest absolute Gasteiger partial charge is 0.342 e. The summed E-state index contributed by atoms with van der Waals surface area (Å²) in [7, 11) is 1.28. The first-order valence-electron chi connectivity index (χ1n) is 5.46. The molecular weight excluding hydrogens is 287 g/mol. The molecule has 98 valence electrons. The van der Waals surface area contributed by atoms with Crippen LogP contribution in [-0.4, -0.2) is 23.0 Å². The molecule has 19 heavy (non-hydrogen) atoms. The zero-order valence-electron chi connectivity index (χ0n) is 10.1. The lowest BCUT2D eigenvalue weighted by Gasteiger charge is -2.08. The van der Waals surface area contributed by atoms with Crippen molar-refractivity contribution in [2.45, 2.75) is 6.42 Å². The number of aromatic nitrogens is 2. The third-order valence-corrected chi connectivity index (χ3v) is 2.96. The average molecular weight is 297 g/mol. The summed E-state index contributed by atoms with van der Waals surface area (Å²) in [5.41, 5.74) is 1.58. The maximum absolute atomic E-state index is 11.7. The van der Waals surface area contributed by atoms with Crippen molar-refractivity contribution < 1.29 is 9.53 Å². The number of methoxy groups -OCH3 is 1. The van der Waals surface area contributed by atoms with Crippen LogP contribution in [0.25, 0.3) is 0 Å². The monoisotopic (exact) mass is 296 g/mol. The Labute approximate surface area is 120 Å². The fraction of sp³-hybridized carbons (Fsp3) is 0.154. The van der Waals surface area contributed by atoms with Crippen molar-refractivity contribution in [3.63, 3.8) is 0 Å². The predicted octanol–water partition coefficient (Wildman–Crippen LogP) is 3.16. The SMILES string of the molecule is COC(=O)c1c(Cl)nc(Cl)nc1Cc1ccccc1. The lowest BCUT2D eigenvalue weighted by Crippen LogP contribution is -2.11. The van der Waals surface area contributed by atoms with Gasteiger partial charge in [0.1, 0.15) is 10.7 Å². The molecule has 0 spiro atoms. The average Bonchev–Trinajstić information content (AvgIpc) is 2.38. The third kappa shape index (κ3) is 3.22. The van der Waals surface area contributed by atoms with E-state index >= 15 is 0 Å². The standard InChI is InChI=1S/C13H10Cl2N2O2/c1-19-12(18)10-9(16-13(15)17-11(10)14)7-8-5-3-2-4-6-8/h2-6H,7H2,1H3. The van der Waals surface area contributed by atoms with E-state index in [9.17, 15) is 4.79 Å². The summed E-state index contributed by atoms with van der Waals surface area (Å²) in [6.07, 6.45) is 0.424. The fourth-order valence-corrected chi connectivity index (χ4v) is 2.17. The molecule has 0 radical (unpaired) electrons. The second-order valence-corrected chi connectivity index (χ2v) is 4.46. The van der Waals surface area contributed by atoms with Gasteiger partial charge in [0.05, 0.1) is 12.8 Å². The van der Waals surface area contributed by atoms with Crippen LogP contribution in [0.4, 0.5) is 0 Å². The molecule has 2 rings (SSSR count). The van der Waals surface area contributed by atoms with Crippen molar-refractivity contribution in [3.05, 3.63) is 57.6 Å². The topological polar surface area (TPSA) is 52.1 Å². The highest BCUT2D eigenvalue weighted by atomic mass is 35.5. The first-order valence-corrected chi connectivity index (χ1v) is 6.21. The van der Waals surface area contributed by atoms with E-state index in [1.165, 1.54) is 7.11 Å². The van der Waals surface area contributed by atoms with Crippen LogP contribution in [0.3, 0.4) is 0 Å². The van der Waals surface area contributed by atoms with Gasteiger partial charge in [-0.1, -0.05) is 41.9 Å². The van der Waals surface area contributed by atoms with E-state index < -0.39 is 5.97 Å². The quantitative estimate of drug-likeness (QED) is 0.496. The number of carbonyl (C=O) groups excluding carboxylic acids is 1. The molecule has 2 aromatic rings. The molecule has 0 aliphatic heterocycles. The largest absolute Gasteiger partial charge is 0.465 e. The Hall–Kier alpha value is -1.65. The Bertz CT molecular complexity index is 603. The number of carbonyl (C=O) groups is 1. The van der Waals surface area contributed by atoms with E-state index in [4.69, 9.17) is 23.2 Å². The van der Waals surface area contributed by atoms with Gasteiger partial charge in [-0.3, -0.25) is 0 Å². The van der Waals surface area contributed by atoms with Gasteiger partial charge in [-0.15, -0.1) is 0 Å². The van der Waals surface area contributed by atoms with Gasteiger partial charge in [0.25, 0.3) is 0 Å². The number of nitrogens with zero attached hydrogens (tertiary/aromatic N) is 2. The van der Waals surface area contributed by atoms with Crippen LogP contribution >= 0.6 is 23.2 Å². The lowest BCUT2D eigenvalue weighted by molar-refractivity contribution is 0.0598. The summed E-state index contributed by atoms with van der Waals surface area (Å²) >= 11 is 11.7. The molecule has 6 heteroatoms. The first kappa shape index (κ1) is 13.8. The van der Waals surface area contributed by atoms with Gasteiger partial charge in [-0.2, -0.15) is 0 Å². The van der Waals surface area contributed by atoms with Crippen molar-refractivity contribution in [2.24, 2.45) is 0 Å². The Morgan fingerprint density at radius 3 is 2.53 bits per heavy atom. The molecular formula is C13H10Cl2N2O2. The van der Waals surface area contributed by atoms with Gasteiger partial charge >= 0.3 is 5.97 Å². The summed E-state index contributed by atoms with van der Waals surface area (Å²) in [5, 5.41) is 0.00126. The first-order chi connectivity index (χ1) is 9.11. The molecule has 1 aromatic heterocycles. The summed E-state index contributed by atoms with van der Waals surface area (Å²) in [5.74, 6) is -0.576. The second-order valence-electron chi connectivity index (χ2n) is 3.76. The molecule has 0 saturated heterocycles. The van der Waals surface area contributed by atoms with Crippen molar-refractivity contribution in [1.29, 1.82) is 0 Å². The molecule has 0 N–H and O–H groups in total. The number of hydrogen-bond donors (Lipinski definition) is 0. The van der Waals surface area contributed by atoms with Crippen LogP contribution in [0, 0.1) is 0 Å². The van der Waals surface area contributed by atoms with Crippen LogP contribution in [0.2, 0.25) is 10.4 Å². The summed E-state index contributed by atoms with van der Waals surface area (Å²) in [6, 6.07) is 9.55. The minimum atomic E-state index is -0.576. The highest BCUT2D eigenvalue weighted by Crippen LogP contribution is 2.22. The molecule has 0 aliphatic carbocycles. The van der Waals surface area contributed by atoms with Crippen molar-refractivity contribution in [1.82, 2.24) is 9.97 Å². The molecule has 1 aromatic carbocycles. The van der Waals surface area contributed by atoms with E-state index in [0.29, 0.717) is 12.1 Å². The number of esters is 1. The van der Waals surface area contributed by atoms with E-state index in [1.807, 2.05) is 30.3 Å². The third-order valence-electron chi connectivity index (χ3n) is 2.52. The highest BCUT2D eigenvalue weighted by Gasteiger charge is 2.20. The van der Waals surface area contributed by atoms with Gasteiger partial charge in [0.2, 0.25) is 5.28 Å². The number of hydrogen-bond acceptors (Lipinski definition) is 4. The fourth-order valence-electron chi connectivity index (χ4n) is 1.67. The summed E-state index contributed by atoms with van der Waals surface area (Å²) in [4.78, 5) is 19.6. The maximum Gasteiger partial charge on any atom is 0.342 e. The van der Waals surface area contributed by atoms with Gasteiger partial charge in [0, 0.05) is 6.42 Å². The lowest BCUT2D eigenvalue weighted by atomic mass is 10.1. The van der Waals surface area contributed by atoms with Crippen molar-refractivity contribution >= 4 is 29.2 Å². The summed E-state index contributed by atoms with van der Waals surface area (Å²) in [6.45, 7) is 0. The van der Waals surface area contributed by atoms with E-state index in [2.05, 4.69) is 14.7 Å². The van der Waals surface area contributed by atoms with Gasteiger partial charge < -0.3 is 4.74 Å². The zero-order valence-corrected chi connectivity index (χ0v) is 11.6. The van der Waals surface area contributed by atoms with E-state index in [-0.39, 0.29) is 16.0 Å². The molecule has 0 saturated carbocycles. The Morgan fingerprint density at radius 1 is 1.21 bits per heavy atom. The molecule has 0 aliphatic rings. The number of benzene rings is 1. The number of ether oxygens (including phenoxy) is 1. The molecule has 0 unspecified atom stereocenters. The Balaban J connectivity index is 2.46. The molecule has 0 atom stereocenters. The molecule has 0 amide bonds. The Kier molecular flexibility index (Phi) is 4.35. The van der Waals surface area contributed by atoms with Crippen molar-refractivity contribution in [2.75, 3.05) is 7.11 Å². The molecule has 0 bridgehead atoms. The predicted molar refractivity (Wildman–Crippen MR) is 72.6 cm³/mol. The molecule has 0 fully saturated rings. The zero-order chi connectivity index (χ0) is 13.8. The normalized spacial score (nSPS) is 10.3. The number of rotatable bonds is 3. The number of halogens is 2. The van der Waals surface area contributed by atoms with Crippen LogP contribution in [0.5, 0.6) is 0 Å². The van der Waals surface area contributed by atoms with Crippen LogP contribution in [0.15, 0.2) is 30.3 Å². The van der Waals surface area contributed by atoms with Gasteiger partial charge in [-0.05, 0) is 17.2 Å². The Morgan fingerprint density at radius 2 is 1.89 bits per heavy atom. The molecule has 1 heterocycles. The van der Waals surface area contributed by atoms with Crippen LogP contribution < -0.4 is 0 Å². The maximum atomic E-state index is 11.7. The van der Waals surface area contributed by atoms with Crippen molar-refractivity contribution in [3.8, 4) is 0 Å². The van der Waals surface area contributed by atoms with Gasteiger partial charge in [0.15, 0.2) is 0 Å². The van der Waals surface area contributed by atoms with Crippen LogP contribution in [0.1, 0.15) is 21.6 Å². The molecule has 4 nitrogen and oxygen atoms in total. The minimum absolute atomic E-state index is 0.00205. The van der Waals surface area contributed by atoms with Gasteiger partial charge in [-0.25, -0.2) is 14.8 Å². The summed E-state index contributed by atoms with van der Waals surface area (Å²) < 4.78 is 4.69. The van der Waals surface area contributed by atoms with E-state index in [0.717, 1.165) is 5.56 Å². The minimum Gasteiger partial charge on any atom is -0.465 e. The highest BCUT2D eigenvalue weighted by molar-refractivity contribution is 6.34. The van der Waals surface area contributed by atoms with Crippen LogP contribution in [-0.2, 0) is 11.2 Å². The van der Waals surface area contributed by atoms with E-state index in [1.54, 1.807) is 0 Å².